The van der Waals surface area contributed by atoms with E-state index in [0.717, 1.165) is 43.7 Å². The summed E-state index contributed by atoms with van der Waals surface area (Å²) in [5, 5.41) is 0. The molecule has 0 bridgehead atoms. The van der Waals surface area contributed by atoms with Crippen LogP contribution in [0, 0.1) is 13.8 Å². The van der Waals surface area contributed by atoms with Crippen LogP contribution in [0.2, 0.25) is 0 Å². The van der Waals surface area contributed by atoms with Crippen molar-refractivity contribution in [2.45, 2.75) is 119 Å². The maximum absolute atomic E-state index is 7.34. The van der Waals surface area contributed by atoms with Gasteiger partial charge >= 0.3 is 0 Å². The van der Waals surface area contributed by atoms with Crippen molar-refractivity contribution in [2.24, 2.45) is 0 Å². The number of benzene rings is 3. The number of halogens is 2. The maximum Gasteiger partial charge on any atom is 0.122 e. The van der Waals surface area contributed by atoms with Crippen LogP contribution in [0.15, 0.2) is 90.3 Å². The first-order chi connectivity index (χ1) is 22.9. The Morgan fingerprint density at radius 1 is 0.638 bits per heavy atom. The Balaban J connectivity index is 1.53. The quantitative estimate of drug-likeness (QED) is 0.188. The van der Waals surface area contributed by atoms with E-state index in [4.69, 9.17) is 23.2 Å². The third-order valence-corrected chi connectivity index (χ3v) is 18.5. The van der Waals surface area contributed by atoms with Crippen molar-refractivity contribution < 1.29 is 0 Å². The highest BCUT2D eigenvalue weighted by molar-refractivity contribution is 7.77. The Hall–Kier alpha value is -2.12. The summed E-state index contributed by atoms with van der Waals surface area (Å²) in [6, 6.07) is 29.4. The first kappa shape index (κ1) is 33.4. The molecule has 1 atom stereocenters. The second kappa shape index (κ2) is 14.4. The number of aryl methyl sites for hydroxylation is 2. The van der Waals surface area contributed by atoms with Crippen molar-refractivity contribution in [3.8, 4) is 0 Å². The van der Waals surface area contributed by atoms with Gasteiger partial charge in [-0.25, -0.2) is 0 Å². The van der Waals surface area contributed by atoms with Crippen LogP contribution in [0.3, 0.4) is 0 Å². The molecule has 7 rings (SSSR count). The van der Waals surface area contributed by atoms with Gasteiger partial charge in [-0.1, -0.05) is 118 Å². The lowest BCUT2D eigenvalue weighted by atomic mass is 9.92. The summed E-state index contributed by atoms with van der Waals surface area (Å²) in [4.78, 5) is 5.30. The van der Waals surface area contributed by atoms with Crippen LogP contribution in [0.4, 0.5) is 11.4 Å². The highest BCUT2D eigenvalue weighted by Gasteiger charge is 2.50. The highest BCUT2D eigenvalue weighted by Crippen LogP contribution is 2.71. The number of hydrogen-bond donors (Lipinski definition) is 0. The van der Waals surface area contributed by atoms with Crippen molar-refractivity contribution in [2.75, 3.05) is 22.9 Å². The Morgan fingerprint density at radius 2 is 1.13 bits per heavy atom. The summed E-state index contributed by atoms with van der Waals surface area (Å²) < 4.78 is -0.752. The molecule has 0 amide bonds. The molecule has 1 heterocycles. The number of anilines is 2. The molecule has 3 saturated carbocycles. The highest BCUT2D eigenvalue weighted by atomic mass is 35.5. The normalized spacial score (nSPS) is 22.9. The van der Waals surface area contributed by atoms with Crippen molar-refractivity contribution in [1.29, 1.82) is 0 Å². The zero-order valence-electron chi connectivity index (χ0n) is 28.5. The largest absolute Gasteiger partial charge is 0.326 e. The van der Waals surface area contributed by atoms with Gasteiger partial charge < -0.3 is 9.80 Å². The van der Waals surface area contributed by atoms with Crippen molar-refractivity contribution in [1.82, 2.24) is 0 Å². The molecule has 3 aromatic carbocycles. The van der Waals surface area contributed by atoms with Gasteiger partial charge in [0, 0.05) is 36.5 Å². The Bertz CT molecular complexity index is 1540. The molecule has 0 spiro atoms. The van der Waals surface area contributed by atoms with Gasteiger partial charge in [0.15, 0.2) is 0 Å². The van der Waals surface area contributed by atoms with E-state index < -0.39 is 11.2 Å². The molecule has 47 heavy (non-hydrogen) atoms. The molecule has 0 radical (unpaired) electrons. The SMILES string of the molecule is Cc1ccccc1N1CCN(c2ccccc2C)C1=C1CC(Cl)(Cl)CCC1P(=Cc1ccccc1)(C1CCCCC1)C1CCCCC1. The molecular weight excluding hydrogens is 634 g/mol. The summed E-state index contributed by atoms with van der Waals surface area (Å²) in [7, 11) is 0. The van der Waals surface area contributed by atoms with Gasteiger partial charge in [-0.2, -0.15) is 0 Å². The maximum atomic E-state index is 7.34. The number of nitrogens with zero attached hydrogens (tertiary/aromatic N) is 2. The first-order valence-corrected chi connectivity index (χ1v) is 21.3. The van der Waals surface area contributed by atoms with Crippen LogP contribution in [0.5, 0.6) is 0 Å². The lowest BCUT2D eigenvalue weighted by Crippen LogP contribution is -2.40. The summed E-state index contributed by atoms with van der Waals surface area (Å²) in [5.74, 6) is 4.30. The molecular formula is C42H53Cl2N2P. The van der Waals surface area contributed by atoms with Crippen molar-refractivity contribution >= 4 is 47.3 Å². The molecule has 0 aromatic heterocycles. The molecule has 0 N–H and O–H groups in total. The minimum atomic E-state index is -1.72. The minimum Gasteiger partial charge on any atom is -0.326 e. The predicted molar refractivity (Wildman–Crippen MR) is 208 cm³/mol. The van der Waals surface area contributed by atoms with E-state index in [1.807, 2.05) is 0 Å². The molecule has 1 aliphatic heterocycles. The average molecular weight is 688 g/mol. The van der Waals surface area contributed by atoms with E-state index in [1.165, 1.54) is 98.1 Å². The molecule has 250 valence electrons. The van der Waals surface area contributed by atoms with Crippen LogP contribution in [-0.4, -0.2) is 40.2 Å². The van der Waals surface area contributed by atoms with E-state index in [2.05, 4.69) is 108 Å². The summed E-state index contributed by atoms with van der Waals surface area (Å²) in [6.07, 6.45) is 16.5. The molecule has 4 aliphatic rings. The zero-order chi connectivity index (χ0) is 32.4. The van der Waals surface area contributed by atoms with Crippen LogP contribution in [0.25, 0.3) is 0 Å². The summed E-state index contributed by atoms with van der Waals surface area (Å²) in [6.45, 7) is 4.74. The standard InChI is InChI=1S/C42H53Cl2N2P/c1-32-16-12-14-24-38(32)45-28-29-46(39-25-15-13-17-33(39)2)41(45)37-30-42(43,44)27-26-40(37)47(35-20-8-4-9-21-35,36-22-10-5-11-23-36)31-34-18-6-3-7-19-34/h3,6-7,12-19,24-25,31,35-36,40H,4-5,8-11,20-23,26-30H2,1-2H3. The first-order valence-electron chi connectivity index (χ1n) is 18.4. The topological polar surface area (TPSA) is 6.48 Å². The predicted octanol–water partition coefficient (Wildman–Crippen LogP) is 12.1. The minimum absolute atomic E-state index is 0.491. The number of hydrogen-bond acceptors (Lipinski definition) is 2. The molecule has 4 fully saturated rings. The molecule has 5 heteroatoms. The molecule has 2 nitrogen and oxygen atoms in total. The van der Waals surface area contributed by atoms with Gasteiger partial charge in [0.1, 0.15) is 10.2 Å². The average Bonchev–Trinajstić information content (AvgIpc) is 3.53. The van der Waals surface area contributed by atoms with E-state index >= 15 is 0 Å². The fourth-order valence-electron chi connectivity index (χ4n) is 9.80. The zero-order valence-corrected chi connectivity index (χ0v) is 30.9. The van der Waals surface area contributed by atoms with Gasteiger partial charge in [-0.3, -0.25) is 0 Å². The monoisotopic (exact) mass is 686 g/mol. The van der Waals surface area contributed by atoms with E-state index in [-0.39, 0.29) is 0 Å². The van der Waals surface area contributed by atoms with Gasteiger partial charge in [0.2, 0.25) is 0 Å². The second-order valence-electron chi connectivity index (χ2n) is 14.8. The fraction of sp³-hybridized carbons (Fsp3) is 0.500. The number of allylic oxidation sites excluding steroid dienone is 1. The van der Waals surface area contributed by atoms with Crippen molar-refractivity contribution in [3.63, 3.8) is 0 Å². The number of rotatable bonds is 6. The van der Waals surface area contributed by atoms with E-state index in [0.29, 0.717) is 5.66 Å². The Kier molecular flexibility index (Phi) is 10.2. The molecule has 3 aromatic rings. The van der Waals surface area contributed by atoms with Gasteiger partial charge in [0.25, 0.3) is 0 Å². The third kappa shape index (κ3) is 6.74. The van der Waals surface area contributed by atoms with E-state index in [1.54, 1.807) is 5.57 Å². The Morgan fingerprint density at radius 3 is 1.64 bits per heavy atom. The molecule has 1 saturated heterocycles. The van der Waals surface area contributed by atoms with Crippen molar-refractivity contribution in [3.05, 3.63) is 107 Å². The number of para-hydroxylation sites is 2. The third-order valence-electron chi connectivity index (χ3n) is 11.9. The van der Waals surface area contributed by atoms with Gasteiger partial charge in [0.05, 0.1) is 0 Å². The summed E-state index contributed by atoms with van der Waals surface area (Å²) in [5.41, 5.74) is 10.3. The van der Waals surface area contributed by atoms with Crippen LogP contribution < -0.4 is 9.80 Å². The van der Waals surface area contributed by atoms with Crippen LogP contribution in [0.1, 0.15) is 100 Å². The molecule has 3 aliphatic carbocycles. The fourth-order valence-corrected chi connectivity index (χ4v) is 17.0. The number of alkyl halides is 2. The van der Waals surface area contributed by atoms with Gasteiger partial charge in [-0.15, -0.1) is 23.2 Å². The lowest BCUT2D eigenvalue weighted by molar-refractivity contribution is 0.472. The Labute approximate surface area is 294 Å². The smallest absolute Gasteiger partial charge is 0.122 e. The molecule has 1 unspecified atom stereocenters. The van der Waals surface area contributed by atoms with Crippen LogP contribution in [-0.2, 0) is 0 Å². The van der Waals surface area contributed by atoms with Crippen LogP contribution >= 0.6 is 30.1 Å². The lowest BCUT2D eigenvalue weighted by Gasteiger charge is -2.53. The van der Waals surface area contributed by atoms with E-state index in [9.17, 15) is 0 Å². The summed E-state index contributed by atoms with van der Waals surface area (Å²) >= 11 is 14.7. The second-order valence-corrected chi connectivity index (χ2v) is 20.6. The van der Waals surface area contributed by atoms with Gasteiger partial charge in [-0.05, 0) is 98.1 Å².